The highest BCUT2D eigenvalue weighted by Crippen LogP contribution is 2.42. The zero-order valence-corrected chi connectivity index (χ0v) is 17.1. The predicted octanol–water partition coefficient (Wildman–Crippen LogP) is 4.50. The molecule has 4 rings (SSSR count). The molecule has 1 unspecified atom stereocenters. The monoisotopic (exact) mass is 425 g/mol. The summed E-state index contributed by atoms with van der Waals surface area (Å²) < 4.78 is 47.2. The fourth-order valence-corrected chi connectivity index (χ4v) is 4.31. The van der Waals surface area contributed by atoms with Gasteiger partial charge in [0.25, 0.3) is 5.91 Å². The number of likely N-dealkylation sites (tertiary alicyclic amines) is 1. The van der Waals surface area contributed by atoms with E-state index in [-0.39, 0.29) is 30.1 Å². The molecular formula is C20H26F3N5O2. The van der Waals surface area contributed by atoms with Crippen molar-refractivity contribution < 1.29 is 22.5 Å². The van der Waals surface area contributed by atoms with Gasteiger partial charge in [-0.05, 0) is 32.1 Å². The molecular weight excluding hydrogens is 399 g/mol. The van der Waals surface area contributed by atoms with Crippen molar-refractivity contribution in [3.63, 3.8) is 0 Å². The molecule has 2 aliphatic rings. The lowest BCUT2D eigenvalue weighted by molar-refractivity contribution is -0.173. The maximum atomic E-state index is 13.7. The van der Waals surface area contributed by atoms with Crippen LogP contribution in [0.25, 0.3) is 0 Å². The van der Waals surface area contributed by atoms with E-state index in [9.17, 15) is 18.0 Å². The van der Waals surface area contributed by atoms with Crippen molar-refractivity contribution in [3.05, 3.63) is 29.3 Å². The number of nitrogens with zero attached hydrogens (tertiary/aromatic N) is 4. The lowest BCUT2D eigenvalue weighted by atomic mass is 9.98. The second-order valence-corrected chi connectivity index (χ2v) is 7.98. The van der Waals surface area contributed by atoms with Gasteiger partial charge in [0.15, 0.2) is 11.7 Å². The topological polar surface area (TPSA) is 76.2 Å². The van der Waals surface area contributed by atoms with E-state index in [1.165, 1.54) is 0 Å². The number of nitrogens with one attached hydrogen (secondary N) is 1. The first-order valence-electron chi connectivity index (χ1n) is 10.5. The number of aryl methyl sites for hydroxylation is 1. The highest BCUT2D eigenvalue weighted by atomic mass is 19.4. The van der Waals surface area contributed by atoms with Gasteiger partial charge >= 0.3 is 6.18 Å². The van der Waals surface area contributed by atoms with Crippen molar-refractivity contribution in [3.8, 4) is 0 Å². The van der Waals surface area contributed by atoms with E-state index in [1.54, 1.807) is 17.0 Å². The van der Waals surface area contributed by atoms with Crippen LogP contribution < -0.4 is 5.32 Å². The molecule has 0 bridgehead atoms. The Morgan fingerprint density at radius 1 is 1.30 bits per heavy atom. The van der Waals surface area contributed by atoms with Crippen molar-refractivity contribution in [1.29, 1.82) is 0 Å². The first-order chi connectivity index (χ1) is 14.3. The number of amides is 1. The molecule has 2 aromatic heterocycles. The van der Waals surface area contributed by atoms with Gasteiger partial charge in [0.1, 0.15) is 11.6 Å². The molecule has 2 aliphatic heterocycles. The van der Waals surface area contributed by atoms with Crippen LogP contribution in [0.4, 0.5) is 19.0 Å². The molecule has 0 saturated carbocycles. The SMILES string of the molecule is CCc1cc(C(=O)N2CCCCC2c2cc3n(n2)[C@@H](C(F)(F)F)C[C@@H](CC)N3)no1. The van der Waals surface area contributed by atoms with Gasteiger partial charge in [-0.1, -0.05) is 19.0 Å². The van der Waals surface area contributed by atoms with Crippen molar-refractivity contribution in [2.45, 2.75) is 76.7 Å². The summed E-state index contributed by atoms with van der Waals surface area (Å²) in [5.41, 5.74) is 0.704. The number of fused-ring (bicyclic) bond motifs is 1. The number of hydrogen-bond donors (Lipinski definition) is 1. The second-order valence-electron chi connectivity index (χ2n) is 7.98. The predicted molar refractivity (Wildman–Crippen MR) is 103 cm³/mol. The number of rotatable bonds is 4. The molecule has 1 fully saturated rings. The van der Waals surface area contributed by atoms with E-state index >= 15 is 0 Å². The van der Waals surface area contributed by atoms with Crippen LogP contribution in [0.5, 0.6) is 0 Å². The summed E-state index contributed by atoms with van der Waals surface area (Å²) in [4.78, 5) is 14.7. The van der Waals surface area contributed by atoms with Gasteiger partial charge in [0, 0.05) is 31.1 Å². The lowest BCUT2D eigenvalue weighted by Crippen LogP contribution is -2.40. The molecule has 3 atom stereocenters. The van der Waals surface area contributed by atoms with Gasteiger partial charge in [-0.15, -0.1) is 0 Å². The number of anilines is 1. The second kappa shape index (κ2) is 7.96. The molecule has 0 aromatic carbocycles. The maximum Gasteiger partial charge on any atom is 0.410 e. The molecule has 10 heteroatoms. The summed E-state index contributed by atoms with van der Waals surface area (Å²) in [6, 6.07) is 0.973. The Kier molecular flexibility index (Phi) is 5.50. The summed E-state index contributed by atoms with van der Waals surface area (Å²) in [6.07, 6.45) is -0.867. The number of alkyl halides is 3. The average molecular weight is 425 g/mol. The van der Waals surface area contributed by atoms with Crippen LogP contribution in [0.15, 0.2) is 16.7 Å². The van der Waals surface area contributed by atoms with Crippen LogP contribution in [0, 0.1) is 0 Å². The molecule has 0 radical (unpaired) electrons. The quantitative estimate of drug-likeness (QED) is 0.781. The van der Waals surface area contributed by atoms with Crippen LogP contribution in [-0.2, 0) is 6.42 Å². The molecule has 0 aliphatic carbocycles. The third-order valence-electron chi connectivity index (χ3n) is 6.01. The van der Waals surface area contributed by atoms with Crippen LogP contribution in [-0.4, -0.2) is 44.5 Å². The van der Waals surface area contributed by atoms with E-state index in [1.807, 2.05) is 13.8 Å². The average Bonchev–Trinajstić information content (AvgIpc) is 3.38. The van der Waals surface area contributed by atoms with Crippen molar-refractivity contribution in [1.82, 2.24) is 19.8 Å². The number of halogens is 3. The Morgan fingerprint density at radius 3 is 2.77 bits per heavy atom. The van der Waals surface area contributed by atoms with Crippen LogP contribution in [0.3, 0.4) is 0 Å². The minimum atomic E-state index is -4.38. The van der Waals surface area contributed by atoms with Crippen molar-refractivity contribution in [2.75, 3.05) is 11.9 Å². The van der Waals surface area contributed by atoms with E-state index in [0.717, 1.165) is 17.5 Å². The van der Waals surface area contributed by atoms with Gasteiger partial charge < -0.3 is 14.7 Å². The molecule has 0 spiro atoms. The normalized spacial score (nSPS) is 24.4. The Labute approximate surface area is 172 Å². The first-order valence-corrected chi connectivity index (χ1v) is 10.5. The van der Waals surface area contributed by atoms with Gasteiger partial charge in [-0.2, -0.15) is 18.3 Å². The van der Waals surface area contributed by atoms with E-state index < -0.39 is 12.2 Å². The van der Waals surface area contributed by atoms with Crippen LogP contribution in [0.2, 0.25) is 0 Å². The number of aromatic nitrogens is 3. The Balaban J connectivity index is 1.65. The number of piperidine rings is 1. The van der Waals surface area contributed by atoms with Gasteiger partial charge in [0.2, 0.25) is 0 Å². The van der Waals surface area contributed by atoms with Crippen molar-refractivity contribution >= 4 is 11.7 Å². The first kappa shape index (κ1) is 20.7. The number of hydrogen-bond acceptors (Lipinski definition) is 5. The lowest BCUT2D eigenvalue weighted by Gasteiger charge is -2.34. The van der Waals surface area contributed by atoms with E-state index in [4.69, 9.17) is 4.52 Å². The standard InChI is InChI=1S/C20H26F3N5O2/c1-3-12-9-17(20(21,22)23)28-18(24-12)11-14(25-28)16-7-5-6-8-27(16)19(29)15-10-13(4-2)30-26-15/h10-12,16-17,24H,3-9H2,1-2H3/t12-,16?,17-/m1/s1. The molecule has 1 amide bonds. The van der Waals surface area contributed by atoms with Crippen molar-refractivity contribution in [2.24, 2.45) is 0 Å². The number of carbonyl (C=O) groups is 1. The molecule has 1 saturated heterocycles. The molecule has 7 nitrogen and oxygen atoms in total. The molecule has 1 N–H and O–H groups in total. The molecule has 164 valence electrons. The Morgan fingerprint density at radius 2 is 2.10 bits per heavy atom. The molecule has 30 heavy (non-hydrogen) atoms. The minimum absolute atomic E-state index is 0.0554. The third-order valence-corrected chi connectivity index (χ3v) is 6.01. The summed E-state index contributed by atoms with van der Waals surface area (Å²) in [5.74, 6) is 0.700. The summed E-state index contributed by atoms with van der Waals surface area (Å²) >= 11 is 0. The van der Waals surface area contributed by atoms with Gasteiger partial charge in [-0.25, -0.2) is 4.68 Å². The van der Waals surface area contributed by atoms with Crippen LogP contribution >= 0.6 is 0 Å². The summed E-state index contributed by atoms with van der Waals surface area (Å²) in [7, 11) is 0. The smallest absolute Gasteiger partial charge is 0.367 e. The fourth-order valence-electron chi connectivity index (χ4n) is 4.31. The molecule has 4 heterocycles. The third kappa shape index (κ3) is 3.79. The highest BCUT2D eigenvalue weighted by molar-refractivity contribution is 5.92. The van der Waals surface area contributed by atoms with Gasteiger partial charge in [-0.3, -0.25) is 4.79 Å². The minimum Gasteiger partial charge on any atom is -0.367 e. The number of carbonyl (C=O) groups excluding carboxylic acids is 1. The Hall–Kier alpha value is -2.52. The van der Waals surface area contributed by atoms with E-state index in [0.29, 0.717) is 43.1 Å². The zero-order chi connectivity index (χ0) is 21.5. The maximum absolute atomic E-state index is 13.7. The van der Waals surface area contributed by atoms with Crippen LogP contribution in [0.1, 0.15) is 80.0 Å². The molecule has 2 aromatic rings. The highest BCUT2D eigenvalue weighted by Gasteiger charge is 2.46. The van der Waals surface area contributed by atoms with Gasteiger partial charge in [0.05, 0.1) is 11.7 Å². The fraction of sp³-hybridized carbons (Fsp3) is 0.650. The Bertz CT molecular complexity index is 907. The zero-order valence-electron chi connectivity index (χ0n) is 17.1. The summed E-state index contributed by atoms with van der Waals surface area (Å²) in [5, 5.41) is 11.4. The largest absolute Gasteiger partial charge is 0.410 e. The summed E-state index contributed by atoms with van der Waals surface area (Å²) in [6.45, 7) is 4.28. The van der Waals surface area contributed by atoms with E-state index in [2.05, 4.69) is 15.6 Å².